The summed E-state index contributed by atoms with van der Waals surface area (Å²) in [6.45, 7) is 7.45. The summed E-state index contributed by atoms with van der Waals surface area (Å²) in [6.07, 6.45) is 6.61. The van der Waals surface area contributed by atoms with Crippen LogP contribution in [0.15, 0.2) is 48.5 Å². The van der Waals surface area contributed by atoms with Crippen molar-refractivity contribution in [3.63, 3.8) is 0 Å². The highest BCUT2D eigenvalue weighted by molar-refractivity contribution is 5.82. The third kappa shape index (κ3) is 4.24. The smallest absolute Gasteiger partial charge is 0.231 e. The summed E-state index contributed by atoms with van der Waals surface area (Å²) in [5, 5.41) is 0. The summed E-state index contributed by atoms with van der Waals surface area (Å²) in [7, 11) is 0. The lowest BCUT2D eigenvalue weighted by molar-refractivity contribution is 0.173. The van der Waals surface area contributed by atoms with E-state index in [-0.39, 0.29) is 18.0 Å². The normalized spacial score (nSPS) is 18.6. The minimum absolute atomic E-state index is 0.225. The van der Waals surface area contributed by atoms with Gasteiger partial charge in [-0.2, -0.15) is 0 Å². The average molecular weight is 518 g/mol. The molecule has 0 saturated carbocycles. The van der Waals surface area contributed by atoms with Gasteiger partial charge in [-0.3, -0.25) is 0 Å². The fourth-order valence-corrected chi connectivity index (χ4v) is 6.14. The van der Waals surface area contributed by atoms with Gasteiger partial charge >= 0.3 is 0 Å². The molecule has 5 nitrogen and oxygen atoms in total. The number of ether oxygens (including phenoxy) is 4. The van der Waals surface area contributed by atoms with E-state index < -0.39 is 0 Å². The Morgan fingerprint density at radius 3 is 2.53 bits per heavy atom. The number of nitrogens with zero attached hydrogens (tertiary/aromatic N) is 1. The van der Waals surface area contributed by atoms with Crippen LogP contribution in [0, 0.1) is 5.82 Å². The second-order valence-corrected chi connectivity index (χ2v) is 10.6. The standard InChI is InChI=1S/C32H36FNO4/c1-3-5-7-14-34-19-32(20-36-28-18-30-29(17-24(28)32)37-21-38-30)31-23(10-9-11-26(31)34)22-12-13-27(25(33)16-22)35-15-8-6-4-2/h9-13,16-18H,3-8,14-15,19-21H2,1-2H3. The summed E-state index contributed by atoms with van der Waals surface area (Å²) >= 11 is 0. The zero-order chi connectivity index (χ0) is 26.1. The molecule has 0 radical (unpaired) electrons. The Kier molecular flexibility index (Phi) is 6.81. The molecule has 3 aromatic rings. The highest BCUT2D eigenvalue weighted by Crippen LogP contribution is 2.56. The molecule has 6 heteroatoms. The molecule has 38 heavy (non-hydrogen) atoms. The molecule has 3 aliphatic rings. The predicted molar refractivity (Wildman–Crippen MR) is 147 cm³/mol. The van der Waals surface area contributed by atoms with Crippen LogP contribution in [0.4, 0.5) is 10.1 Å². The number of halogens is 1. The van der Waals surface area contributed by atoms with Crippen LogP contribution in [-0.2, 0) is 5.41 Å². The van der Waals surface area contributed by atoms with Gasteiger partial charge < -0.3 is 23.8 Å². The van der Waals surface area contributed by atoms with Crippen molar-refractivity contribution in [2.45, 2.75) is 57.8 Å². The van der Waals surface area contributed by atoms with Gasteiger partial charge in [-0.05, 0) is 53.8 Å². The Morgan fingerprint density at radius 2 is 1.71 bits per heavy atom. The predicted octanol–water partition coefficient (Wildman–Crippen LogP) is 7.48. The quantitative estimate of drug-likeness (QED) is 0.261. The molecule has 3 heterocycles. The fourth-order valence-electron chi connectivity index (χ4n) is 6.14. The molecule has 1 spiro atoms. The lowest BCUT2D eigenvalue weighted by Crippen LogP contribution is -2.36. The summed E-state index contributed by atoms with van der Waals surface area (Å²) in [4.78, 5) is 2.49. The van der Waals surface area contributed by atoms with E-state index in [9.17, 15) is 0 Å². The van der Waals surface area contributed by atoms with E-state index in [1.165, 1.54) is 24.1 Å². The Morgan fingerprint density at radius 1 is 0.895 bits per heavy atom. The van der Waals surface area contributed by atoms with E-state index in [0.29, 0.717) is 19.0 Å². The molecule has 3 aliphatic heterocycles. The Balaban J connectivity index is 1.42. The van der Waals surface area contributed by atoms with Crippen molar-refractivity contribution in [3.05, 3.63) is 65.5 Å². The van der Waals surface area contributed by atoms with Crippen LogP contribution in [0.5, 0.6) is 23.0 Å². The van der Waals surface area contributed by atoms with Crippen LogP contribution in [0.25, 0.3) is 11.1 Å². The molecule has 0 bridgehead atoms. The highest BCUT2D eigenvalue weighted by atomic mass is 19.1. The molecule has 1 unspecified atom stereocenters. The molecule has 0 amide bonds. The maximum absolute atomic E-state index is 15.2. The van der Waals surface area contributed by atoms with Crippen LogP contribution < -0.4 is 23.8 Å². The minimum Gasteiger partial charge on any atom is -0.492 e. The monoisotopic (exact) mass is 517 g/mol. The molecular weight excluding hydrogens is 481 g/mol. The van der Waals surface area contributed by atoms with Gasteiger partial charge in [0.05, 0.1) is 12.0 Å². The van der Waals surface area contributed by atoms with Gasteiger partial charge in [0.15, 0.2) is 23.1 Å². The molecule has 0 aromatic heterocycles. The molecule has 0 N–H and O–H groups in total. The first kappa shape index (κ1) is 24.9. The highest BCUT2D eigenvalue weighted by Gasteiger charge is 2.51. The first-order valence-electron chi connectivity index (χ1n) is 14.0. The van der Waals surface area contributed by atoms with E-state index >= 15 is 4.39 Å². The van der Waals surface area contributed by atoms with Gasteiger partial charge in [-0.25, -0.2) is 4.39 Å². The lowest BCUT2D eigenvalue weighted by Gasteiger charge is -2.26. The second kappa shape index (κ2) is 10.4. The SMILES string of the molecule is CCCCCOc1ccc(-c2cccc3c2C2(COc4cc5c(cc42)OCO5)CN3CCCCC)cc1F. The summed E-state index contributed by atoms with van der Waals surface area (Å²) < 4.78 is 38.7. The maximum Gasteiger partial charge on any atom is 0.231 e. The van der Waals surface area contributed by atoms with Gasteiger partial charge in [-0.1, -0.05) is 57.7 Å². The van der Waals surface area contributed by atoms with E-state index in [2.05, 4.69) is 43.0 Å². The number of rotatable bonds is 10. The van der Waals surface area contributed by atoms with Crippen molar-refractivity contribution < 1.29 is 23.3 Å². The number of anilines is 1. The number of hydrogen-bond acceptors (Lipinski definition) is 5. The van der Waals surface area contributed by atoms with Crippen molar-refractivity contribution in [1.82, 2.24) is 0 Å². The van der Waals surface area contributed by atoms with Gasteiger partial charge in [0.25, 0.3) is 0 Å². The fraction of sp³-hybridized carbons (Fsp3) is 0.438. The van der Waals surface area contributed by atoms with Gasteiger partial charge in [0, 0.05) is 30.4 Å². The van der Waals surface area contributed by atoms with Crippen LogP contribution in [0.1, 0.15) is 63.5 Å². The third-order valence-electron chi connectivity index (χ3n) is 8.07. The van der Waals surface area contributed by atoms with Gasteiger partial charge in [0.2, 0.25) is 6.79 Å². The Bertz CT molecular complexity index is 1330. The summed E-state index contributed by atoms with van der Waals surface area (Å²) in [5.74, 6) is 2.31. The van der Waals surface area contributed by atoms with E-state index in [0.717, 1.165) is 72.7 Å². The Hall–Kier alpha value is -3.41. The summed E-state index contributed by atoms with van der Waals surface area (Å²) in [5.41, 5.74) is 5.03. The molecule has 0 saturated heterocycles. The summed E-state index contributed by atoms with van der Waals surface area (Å²) in [6, 6.07) is 15.8. The maximum atomic E-state index is 15.2. The van der Waals surface area contributed by atoms with Gasteiger partial charge in [0.1, 0.15) is 12.4 Å². The molecule has 0 aliphatic carbocycles. The first-order valence-corrected chi connectivity index (χ1v) is 14.0. The van der Waals surface area contributed by atoms with Crippen LogP contribution in [0.3, 0.4) is 0 Å². The van der Waals surface area contributed by atoms with Crippen molar-refractivity contribution in [2.75, 3.05) is 38.0 Å². The molecular formula is C32H36FNO4. The van der Waals surface area contributed by atoms with E-state index in [1.54, 1.807) is 12.1 Å². The van der Waals surface area contributed by atoms with Crippen molar-refractivity contribution in [2.24, 2.45) is 0 Å². The van der Waals surface area contributed by atoms with Gasteiger partial charge in [-0.15, -0.1) is 0 Å². The number of benzene rings is 3. The van der Waals surface area contributed by atoms with E-state index in [4.69, 9.17) is 18.9 Å². The molecule has 3 aromatic carbocycles. The molecule has 200 valence electrons. The van der Waals surface area contributed by atoms with Crippen LogP contribution in [-0.4, -0.2) is 33.1 Å². The lowest BCUT2D eigenvalue weighted by atomic mass is 9.74. The molecule has 6 rings (SSSR count). The topological polar surface area (TPSA) is 40.2 Å². The minimum atomic E-state index is -0.375. The molecule has 1 atom stereocenters. The van der Waals surface area contributed by atoms with Crippen molar-refractivity contribution in [1.29, 1.82) is 0 Å². The van der Waals surface area contributed by atoms with Crippen LogP contribution >= 0.6 is 0 Å². The van der Waals surface area contributed by atoms with E-state index in [1.807, 2.05) is 12.1 Å². The van der Waals surface area contributed by atoms with Crippen molar-refractivity contribution in [3.8, 4) is 34.1 Å². The van der Waals surface area contributed by atoms with Crippen molar-refractivity contribution >= 4 is 5.69 Å². The zero-order valence-corrected chi connectivity index (χ0v) is 22.4. The number of unbranched alkanes of at least 4 members (excludes halogenated alkanes) is 4. The Labute approximate surface area is 224 Å². The number of hydrogen-bond donors (Lipinski definition) is 0. The second-order valence-electron chi connectivity index (χ2n) is 10.6. The largest absolute Gasteiger partial charge is 0.492 e. The first-order chi connectivity index (χ1) is 18.6. The molecule has 0 fully saturated rings. The average Bonchev–Trinajstić information content (AvgIpc) is 3.63. The zero-order valence-electron chi connectivity index (χ0n) is 22.4. The third-order valence-corrected chi connectivity index (χ3v) is 8.07. The number of fused-ring (bicyclic) bond motifs is 5. The van der Waals surface area contributed by atoms with Crippen LogP contribution in [0.2, 0.25) is 0 Å².